The van der Waals surface area contributed by atoms with Crippen molar-refractivity contribution < 1.29 is 4.79 Å². The molecule has 1 heterocycles. The van der Waals surface area contributed by atoms with Crippen LogP contribution in [-0.2, 0) is 4.79 Å². The number of amides is 1. The van der Waals surface area contributed by atoms with E-state index in [2.05, 4.69) is 10.6 Å². The maximum Gasteiger partial charge on any atom is 0.251 e. The quantitative estimate of drug-likeness (QED) is 0.551. The molecule has 1 aliphatic carbocycles. The minimum atomic E-state index is -0.406. The average Bonchev–Trinajstić information content (AvgIpc) is 2.63. The van der Waals surface area contributed by atoms with E-state index < -0.39 is 5.54 Å². The van der Waals surface area contributed by atoms with Crippen molar-refractivity contribution in [3.63, 3.8) is 0 Å². The predicted molar refractivity (Wildman–Crippen MR) is 45.0 cm³/mol. The first-order chi connectivity index (χ1) is 5.13. The van der Waals surface area contributed by atoms with Crippen LogP contribution in [0.5, 0.6) is 0 Å². The number of carbonyl (C=O) groups excluding carboxylic acids is 1. The Kier molecular flexibility index (Phi) is 1.24. The normalized spacial score (nSPS) is 36.8. The Hall–Kier alpha value is -0.640. The van der Waals surface area contributed by atoms with Crippen molar-refractivity contribution >= 4 is 23.2 Å². The lowest BCUT2D eigenvalue weighted by Gasteiger charge is -2.19. The number of rotatable bonds is 1. The Morgan fingerprint density at radius 3 is 2.64 bits per heavy atom. The van der Waals surface area contributed by atoms with Gasteiger partial charge < -0.3 is 10.6 Å². The summed E-state index contributed by atoms with van der Waals surface area (Å²) < 4.78 is 0. The summed E-state index contributed by atoms with van der Waals surface area (Å²) in [6.45, 7) is 1.92. The van der Waals surface area contributed by atoms with Crippen LogP contribution >= 0.6 is 12.2 Å². The fourth-order valence-corrected chi connectivity index (χ4v) is 1.81. The first-order valence-electron chi connectivity index (χ1n) is 3.76. The minimum absolute atomic E-state index is 0.0324. The molecule has 0 radical (unpaired) electrons. The van der Waals surface area contributed by atoms with Gasteiger partial charge in [-0.2, -0.15) is 0 Å². The maximum absolute atomic E-state index is 11.3. The number of carbonyl (C=O) groups is 1. The zero-order chi connectivity index (χ0) is 8.06. The number of hydrogen-bond acceptors (Lipinski definition) is 2. The van der Waals surface area contributed by atoms with Gasteiger partial charge in [-0.25, -0.2) is 0 Å². The molecule has 0 aromatic heterocycles. The smallest absolute Gasteiger partial charge is 0.251 e. The van der Waals surface area contributed by atoms with E-state index in [1.807, 2.05) is 6.92 Å². The molecule has 2 fully saturated rings. The van der Waals surface area contributed by atoms with E-state index in [0.29, 0.717) is 11.0 Å². The van der Waals surface area contributed by atoms with E-state index in [0.717, 1.165) is 12.8 Å². The van der Waals surface area contributed by atoms with Gasteiger partial charge in [0.05, 0.1) is 0 Å². The minimum Gasteiger partial charge on any atom is -0.348 e. The molecule has 1 atom stereocenters. The van der Waals surface area contributed by atoms with Gasteiger partial charge in [0.2, 0.25) is 0 Å². The van der Waals surface area contributed by atoms with Crippen molar-refractivity contribution in [1.82, 2.24) is 10.6 Å². The van der Waals surface area contributed by atoms with Crippen molar-refractivity contribution in [1.29, 1.82) is 0 Å². The SMILES string of the molecule is C[C@]1(C2CC2)NC(=S)NC1=O. The van der Waals surface area contributed by atoms with Crippen LogP contribution in [-0.4, -0.2) is 16.6 Å². The number of hydrogen-bond donors (Lipinski definition) is 2. The highest BCUT2D eigenvalue weighted by molar-refractivity contribution is 7.80. The summed E-state index contributed by atoms with van der Waals surface area (Å²) in [6.07, 6.45) is 2.28. The van der Waals surface area contributed by atoms with Gasteiger partial charge in [-0.1, -0.05) is 0 Å². The van der Waals surface area contributed by atoms with E-state index in [4.69, 9.17) is 12.2 Å². The van der Waals surface area contributed by atoms with Gasteiger partial charge in [-0.05, 0) is 37.9 Å². The van der Waals surface area contributed by atoms with Gasteiger partial charge >= 0.3 is 0 Å². The van der Waals surface area contributed by atoms with Crippen LogP contribution in [0.2, 0.25) is 0 Å². The molecule has 2 rings (SSSR count). The highest BCUT2D eigenvalue weighted by atomic mass is 32.1. The molecule has 11 heavy (non-hydrogen) atoms. The molecule has 2 N–H and O–H groups in total. The molecular weight excluding hydrogens is 160 g/mol. The lowest BCUT2D eigenvalue weighted by molar-refractivity contribution is -0.124. The molecule has 4 heteroatoms. The highest BCUT2D eigenvalue weighted by Gasteiger charge is 2.51. The van der Waals surface area contributed by atoms with Crippen LogP contribution < -0.4 is 10.6 Å². The van der Waals surface area contributed by atoms with Gasteiger partial charge in [0.25, 0.3) is 5.91 Å². The molecular formula is C7H10N2OS. The van der Waals surface area contributed by atoms with Gasteiger partial charge in [0.1, 0.15) is 5.54 Å². The summed E-state index contributed by atoms with van der Waals surface area (Å²) in [5.74, 6) is 0.521. The number of nitrogens with one attached hydrogen (secondary N) is 2. The topological polar surface area (TPSA) is 41.1 Å². The Morgan fingerprint density at radius 1 is 1.64 bits per heavy atom. The van der Waals surface area contributed by atoms with Crippen LogP contribution in [0.15, 0.2) is 0 Å². The van der Waals surface area contributed by atoms with Crippen LogP contribution in [0.1, 0.15) is 19.8 Å². The van der Waals surface area contributed by atoms with E-state index in [1.165, 1.54) is 0 Å². The predicted octanol–water partition coefficient (Wildman–Crippen LogP) is 0.159. The monoisotopic (exact) mass is 170 g/mol. The lowest BCUT2D eigenvalue weighted by Crippen LogP contribution is -2.45. The molecule has 0 aromatic carbocycles. The molecule has 0 spiro atoms. The van der Waals surface area contributed by atoms with Crippen LogP contribution in [0.25, 0.3) is 0 Å². The summed E-state index contributed by atoms with van der Waals surface area (Å²) in [6, 6.07) is 0. The summed E-state index contributed by atoms with van der Waals surface area (Å²) in [7, 11) is 0. The maximum atomic E-state index is 11.3. The lowest BCUT2D eigenvalue weighted by atomic mass is 9.97. The second-order valence-corrected chi connectivity index (χ2v) is 3.79. The molecule has 0 bridgehead atoms. The van der Waals surface area contributed by atoms with Gasteiger partial charge in [0.15, 0.2) is 5.11 Å². The summed E-state index contributed by atoms with van der Waals surface area (Å²) in [5.41, 5.74) is -0.406. The van der Waals surface area contributed by atoms with Crippen molar-refractivity contribution in [3.05, 3.63) is 0 Å². The number of thiocarbonyl (C=S) groups is 1. The van der Waals surface area contributed by atoms with Crippen LogP contribution in [0.3, 0.4) is 0 Å². The van der Waals surface area contributed by atoms with E-state index in [1.54, 1.807) is 0 Å². The molecule has 1 amide bonds. The standard InChI is InChI=1S/C7H10N2OS/c1-7(4-2-3-4)5(10)8-6(11)9-7/h4H,2-3H2,1H3,(H2,8,9,10,11)/t7-/m1/s1. The van der Waals surface area contributed by atoms with Gasteiger partial charge in [-0.15, -0.1) is 0 Å². The first kappa shape index (κ1) is 7.03. The van der Waals surface area contributed by atoms with Gasteiger partial charge in [-0.3, -0.25) is 4.79 Å². The van der Waals surface area contributed by atoms with Gasteiger partial charge in [0, 0.05) is 0 Å². The fourth-order valence-electron chi connectivity index (χ4n) is 1.50. The molecule has 0 unspecified atom stereocenters. The van der Waals surface area contributed by atoms with Crippen LogP contribution in [0.4, 0.5) is 0 Å². The third kappa shape index (κ3) is 0.929. The molecule has 0 aromatic rings. The molecule has 1 saturated heterocycles. The highest BCUT2D eigenvalue weighted by Crippen LogP contribution is 2.40. The van der Waals surface area contributed by atoms with Crippen molar-refractivity contribution in [2.45, 2.75) is 25.3 Å². The molecule has 1 aliphatic heterocycles. The second-order valence-electron chi connectivity index (χ2n) is 3.38. The Balaban J connectivity index is 2.23. The molecule has 1 saturated carbocycles. The van der Waals surface area contributed by atoms with Crippen LogP contribution in [0, 0.1) is 5.92 Å². The second kappa shape index (κ2) is 1.94. The Bertz CT molecular complexity index is 237. The fraction of sp³-hybridized carbons (Fsp3) is 0.714. The first-order valence-corrected chi connectivity index (χ1v) is 4.17. The Labute approximate surface area is 70.5 Å². The summed E-state index contributed by atoms with van der Waals surface area (Å²) in [5, 5.41) is 6.10. The third-order valence-corrected chi connectivity index (χ3v) is 2.67. The summed E-state index contributed by atoms with van der Waals surface area (Å²) >= 11 is 4.85. The van der Waals surface area contributed by atoms with Crippen molar-refractivity contribution in [2.24, 2.45) is 5.92 Å². The van der Waals surface area contributed by atoms with E-state index in [9.17, 15) is 4.79 Å². The largest absolute Gasteiger partial charge is 0.348 e. The average molecular weight is 170 g/mol. The molecule has 60 valence electrons. The molecule has 2 aliphatic rings. The summed E-state index contributed by atoms with van der Waals surface area (Å²) in [4.78, 5) is 11.3. The van der Waals surface area contributed by atoms with Crippen molar-refractivity contribution in [3.8, 4) is 0 Å². The van der Waals surface area contributed by atoms with E-state index >= 15 is 0 Å². The zero-order valence-electron chi connectivity index (χ0n) is 6.31. The third-order valence-electron chi connectivity index (χ3n) is 2.47. The molecule has 3 nitrogen and oxygen atoms in total. The Morgan fingerprint density at radius 2 is 2.27 bits per heavy atom. The van der Waals surface area contributed by atoms with Crippen molar-refractivity contribution in [2.75, 3.05) is 0 Å². The van der Waals surface area contributed by atoms with E-state index in [-0.39, 0.29) is 5.91 Å². The zero-order valence-corrected chi connectivity index (χ0v) is 7.12.